The molecular weight excluding hydrogens is 460 g/mol. The second-order valence-electron chi connectivity index (χ2n) is 12.7. The first-order chi connectivity index (χ1) is 18.2. The molecule has 0 spiro atoms. The van der Waals surface area contributed by atoms with Crippen LogP contribution in [0.25, 0.3) is 11.1 Å². The van der Waals surface area contributed by atoms with E-state index in [2.05, 4.69) is 142 Å². The van der Waals surface area contributed by atoms with Gasteiger partial charge in [0.15, 0.2) is 0 Å². The highest BCUT2D eigenvalue weighted by Crippen LogP contribution is 2.60. The van der Waals surface area contributed by atoms with Crippen molar-refractivity contribution in [1.82, 2.24) is 0 Å². The van der Waals surface area contributed by atoms with E-state index in [1.807, 2.05) is 0 Å². The Morgan fingerprint density at radius 2 is 1.47 bits per heavy atom. The van der Waals surface area contributed by atoms with E-state index in [1.165, 1.54) is 59.3 Å². The van der Waals surface area contributed by atoms with Crippen molar-refractivity contribution in [2.45, 2.75) is 76.7 Å². The molecule has 6 rings (SSSR count). The van der Waals surface area contributed by atoms with Gasteiger partial charge in [0.1, 0.15) is 0 Å². The van der Waals surface area contributed by atoms with Gasteiger partial charge in [-0.2, -0.15) is 0 Å². The molecule has 2 heteroatoms. The van der Waals surface area contributed by atoms with Crippen molar-refractivity contribution in [2.24, 2.45) is 0 Å². The summed E-state index contributed by atoms with van der Waals surface area (Å²) >= 11 is 0. The first kappa shape index (κ1) is 24.8. The van der Waals surface area contributed by atoms with Gasteiger partial charge in [-0.1, -0.05) is 101 Å². The molecule has 2 aliphatic rings. The van der Waals surface area contributed by atoms with Crippen LogP contribution < -0.4 is 10.2 Å². The van der Waals surface area contributed by atoms with Crippen molar-refractivity contribution in [3.05, 3.63) is 108 Å². The highest BCUT2D eigenvalue weighted by atomic mass is 15.3. The van der Waals surface area contributed by atoms with Crippen LogP contribution in [0, 0.1) is 0 Å². The summed E-state index contributed by atoms with van der Waals surface area (Å²) in [5.41, 5.74) is 10.5. The summed E-state index contributed by atoms with van der Waals surface area (Å²) in [6.07, 6.45) is 5.05. The van der Waals surface area contributed by atoms with E-state index < -0.39 is 0 Å². The fraction of sp³-hybridized carbons (Fsp3) is 0.333. The van der Waals surface area contributed by atoms with Gasteiger partial charge in [0.25, 0.3) is 0 Å². The molecule has 38 heavy (non-hydrogen) atoms. The number of rotatable bonds is 4. The van der Waals surface area contributed by atoms with E-state index in [9.17, 15) is 0 Å². The molecule has 1 N–H and O–H groups in total. The zero-order valence-electron chi connectivity index (χ0n) is 23.5. The van der Waals surface area contributed by atoms with Gasteiger partial charge in [-0.3, -0.25) is 0 Å². The third-order valence-electron chi connectivity index (χ3n) is 9.37. The molecule has 1 saturated carbocycles. The molecule has 1 heterocycles. The highest BCUT2D eigenvalue weighted by molar-refractivity contribution is 5.84. The molecule has 0 radical (unpaired) electrons. The van der Waals surface area contributed by atoms with E-state index in [4.69, 9.17) is 0 Å². The molecule has 0 amide bonds. The Morgan fingerprint density at radius 3 is 2.26 bits per heavy atom. The molecule has 0 saturated heterocycles. The number of anilines is 4. The van der Waals surface area contributed by atoms with Gasteiger partial charge < -0.3 is 10.2 Å². The molecule has 4 aromatic rings. The fourth-order valence-electron chi connectivity index (χ4n) is 6.96. The fourth-order valence-corrected chi connectivity index (χ4v) is 6.96. The first-order valence-corrected chi connectivity index (χ1v) is 14.2. The average Bonchev–Trinajstić information content (AvgIpc) is 3.12. The summed E-state index contributed by atoms with van der Waals surface area (Å²) in [6, 6.07) is 35.7. The van der Waals surface area contributed by atoms with Crippen LogP contribution in [-0.2, 0) is 10.8 Å². The maximum atomic E-state index is 3.80. The molecule has 2 nitrogen and oxygen atoms in total. The number of hydrogen-bond donors (Lipinski definition) is 1. The molecule has 1 aliphatic carbocycles. The standard InChI is InChI=1S/C36H40N2/c1-34(2,3)27-20-21-32(30(24-27)26-14-7-6-8-15-26)37-28-16-13-17-29(25-28)38-33-19-10-9-18-31(33)35(4)22-11-12-23-36(35,38)5/h6-10,13-21,24-25,37H,11-12,22-23H2,1-5H3. The number of benzene rings is 4. The summed E-state index contributed by atoms with van der Waals surface area (Å²) in [5, 5.41) is 3.80. The highest BCUT2D eigenvalue weighted by Gasteiger charge is 2.57. The molecular formula is C36H40N2. The predicted molar refractivity (Wildman–Crippen MR) is 163 cm³/mol. The largest absolute Gasteiger partial charge is 0.355 e. The second kappa shape index (κ2) is 9.05. The minimum atomic E-state index is 0.0666. The molecule has 1 fully saturated rings. The predicted octanol–water partition coefficient (Wildman–Crippen LogP) is 10.1. The van der Waals surface area contributed by atoms with Crippen LogP contribution in [-0.4, -0.2) is 5.54 Å². The van der Waals surface area contributed by atoms with Crippen LogP contribution in [0.2, 0.25) is 0 Å². The summed E-state index contributed by atoms with van der Waals surface area (Å²) in [4.78, 5) is 2.65. The van der Waals surface area contributed by atoms with E-state index >= 15 is 0 Å². The molecule has 0 aromatic heterocycles. The average molecular weight is 501 g/mol. The minimum Gasteiger partial charge on any atom is -0.355 e. The number of nitrogens with zero attached hydrogens (tertiary/aromatic N) is 1. The van der Waals surface area contributed by atoms with E-state index in [1.54, 1.807) is 0 Å². The number of fused-ring (bicyclic) bond motifs is 3. The van der Waals surface area contributed by atoms with Crippen LogP contribution in [0.4, 0.5) is 22.7 Å². The van der Waals surface area contributed by atoms with Crippen LogP contribution in [0.1, 0.15) is 71.4 Å². The lowest BCUT2D eigenvalue weighted by Crippen LogP contribution is -2.54. The first-order valence-electron chi connectivity index (χ1n) is 14.2. The lowest BCUT2D eigenvalue weighted by Gasteiger charge is -2.50. The molecule has 4 aromatic carbocycles. The molecule has 1 aliphatic heterocycles. The van der Waals surface area contributed by atoms with Crippen LogP contribution >= 0.6 is 0 Å². The van der Waals surface area contributed by atoms with Crippen molar-refractivity contribution in [2.75, 3.05) is 10.2 Å². The van der Waals surface area contributed by atoms with Crippen molar-refractivity contribution in [1.29, 1.82) is 0 Å². The van der Waals surface area contributed by atoms with Gasteiger partial charge in [-0.15, -0.1) is 0 Å². The smallest absolute Gasteiger partial charge is 0.0517 e. The third-order valence-corrected chi connectivity index (χ3v) is 9.37. The van der Waals surface area contributed by atoms with Gasteiger partial charge in [0.05, 0.1) is 5.54 Å². The normalized spacial score (nSPS) is 22.6. The molecule has 194 valence electrons. The number of hydrogen-bond acceptors (Lipinski definition) is 2. The number of nitrogens with one attached hydrogen (secondary N) is 1. The van der Waals surface area contributed by atoms with E-state index in [0.717, 1.165) is 11.4 Å². The molecule has 2 atom stereocenters. The maximum Gasteiger partial charge on any atom is 0.0517 e. The van der Waals surface area contributed by atoms with Crippen LogP contribution in [0.15, 0.2) is 97.1 Å². The SMILES string of the molecule is CC(C)(C)c1ccc(Nc2cccc(N3c4ccccc4C4(C)CCCCC34C)c2)c(-c2ccccc2)c1. The zero-order valence-corrected chi connectivity index (χ0v) is 23.5. The van der Waals surface area contributed by atoms with Gasteiger partial charge in [0.2, 0.25) is 0 Å². The molecule has 2 unspecified atom stereocenters. The summed E-state index contributed by atoms with van der Waals surface area (Å²) in [6.45, 7) is 11.8. The molecule has 0 bridgehead atoms. The van der Waals surface area contributed by atoms with Crippen molar-refractivity contribution in [3.63, 3.8) is 0 Å². The maximum absolute atomic E-state index is 3.80. The minimum absolute atomic E-state index is 0.0666. The topological polar surface area (TPSA) is 15.3 Å². The summed E-state index contributed by atoms with van der Waals surface area (Å²) < 4.78 is 0. The zero-order chi connectivity index (χ0) is 26.5. The van der Waals surface area contributed by atoms with E-state index in [-0.39, 0.29) is 16.4 Å². The van der Waals surface area contributed by atoms with Gasteiger partial charge in [-0.05, 0) is 78.3 Å². The van der Waals surface area contributed by atoms with Crippen molar-refractivity contribution >= 4 is 22.7 Å². The Labute approximate surface area is 228 Å². The monoisotopic (exact) mass is 500 g/mol. The van der Waals surface area contributed by atoms with E-state index in [0.29, 0.717) is 0 Å². The Kier molecular flexibility index (Phi) is 5.90. The number of para-hydroxylation sites is 1. The Bertz CT molecular complexity index is 1460. The second-order valence-corrected chi connectivity index (χ2v) is 12.7. The quantitative estimate of drug-likeness (QED) is 0.300. The Hall–Kier alpha value is -3.52. The van der Waals surface area contributed by atoms with Gasteiger partial charge in [-0.25, -0.2) is 0 Å². The van der Waals surface area contributed by atoms with Gasteiger partial charge in [0, 0.05) is 33.7 Å². The summed E-state index contributed by atoms with van der Waals surface area (Å²) in [5.74, 6) is 0. The van der Waals surface area contributed by atoms with Crippen molar-refractivity contribution < 1.29 is 0 Å². The third kappa shape index (κ3) is 3.93. The Morgan fingerprint density at radius 1 is 0.737 bits per heavy atom. The summed E-state index contributed by atoms with van der Waals surface area (Å²) in [7, 11) is 0. The Balaban J connectivity index is 1.41. The lowest BCUT2D eigenvalue weighted by molar-refractivity contribution is 0.195. The lowest BCUT2D eigenvalue weighted by atomic mass is 9.61. The van der Waals surface area contributed by atoms with Crippen LogP contribution in [0.3, 0.4) is 0 Å². The van der Waals surface area contributed by atoms with Gasteiger partial charge >= 0.3 is 0 Å². The van der Waals surface area contributed by atoms with Crippen LogP contribution in [0.5, 0.6) is 0 Å². The van der Waals surface area contributed by atoms with Crippen molar-refractivity contribution in [3.8, 4) is 11.1 Å².